The number of hydrogen-bond donors (Lipinski definition) is 1. The summed E-state index contributed by atoms with van der Waals surface area (Å²) in [7, 11) is 0. The molecule has 1 saturated carbocycles. The van der Waals surface area contributed by atoms with Crippen molar-refractivity contribution in [1.82, 2.24) is 5.32 Å². The van der Waals surface area contributed by atoms with Gasteiger partial charge in [-0.1, -0.05) is 28.8 Å². The third kappa shape index (κ3) is 3.81. The molecule has 2 atom stereocenters. The van der Waals surface area contributed by atoms with Crippen LogP contribution in [0.1, 0.15) is 35.4 Å². The van der Waals surface area contributed by atoms with Crippen LogP contribution in [0.15, 0.2) is 15.9 Å². The monoisotopic (exact) mass is 393 g/mol. The van der Waals surface area contributed by atoms with Crippen molar-refractivity contribution in [3.63, 3.8) is 0 Å². The molecule has 1 aliphatic carbocycles. The highest BCUT2D eigenvalue weighted by molar-refractivity contribution is 9.11. The van der Waals surface area contributed by atoms with Crippen molar-refractivity contribution in [3.8, 4) is 0 Å². The zero-order valence-electron chi connectivity index (χ0n) is 10.1. The predicted octanol–water partition coefficient (Wildman–Crippen LogP) is 4.44. The molecule has 2 unspecified atom stereocenters. The van der Waals surface area contributed by atoms with Crippen LogP contribution >= 0.6 is 43.2 Å². The second-order valence-electron chi connectivity index (χ2n) is 4.77. The molecule has 0 saturated heterocycles. The molecule has 0 bridgehead atoms. The highest BCUT2D eigenvalue weighted by Gasteiger charge is 2.24. The van der Waals surface area contributed by atoms with Gasteiger partial charge in [0.25, 0.3) is 5.91 Å². The molecule has 0 aliphatic heterocycles. The van der Waals surface area contributed by atoms with Gasteiger partial charge in [0.05, 0.1) is 8.66 Å². The summed E-state index contributed by atoms with van der Waals surface area (Å²) in [5.41, 5.74) is 0. The van der Waals surface area contributed by atoms with Gasteiger partial charge in [-0.2, -0.15) is 0 Å². The third-order valence-corrected chi connectivity index (χ3v) is 6.04. The second-order valence-corrected chi connectivity index (χ2v) is 7.88. The van der Waals surface area contributed by atoms with Gasteiger partial charge in [0.1, 0.15) is 0 Å². The molecule has 1 aliphatic rings. The van der Waals surface area contributed by atoms with Crippen LogP contribution in [0, 0.1) is 11.8 Å². The van der Waals surface area contributed by atoms with Gasteiger partial charge < -0.3 is 5.32 Å². The molecule has 1 fully saturated rings. The van der Waals surface area contributed by atoms with E-state index in [2.05, 4.69) is 37.2 Å². The van der Waals surface area contributed by atoms with Crippen molar-refractivity contribution < 1.29 is 4.79 Å². The van der Waals surface area contributed by atoms with Gasteiger partial charge in [-0.3, -0.25) is 4.79 Å². The Kier molecular flexibility index (Phi) is 5.70. The normalized spacial score (nSPS) is 23.9. The Morgan fingerprint density at radius 3 is 2.67 bits per heavy atom. The van der Waals surface area contributed by atoms with Gasteiger partial charge in [-0.15, -0.1) is 11.3 Å². The highest BCUT2D eigenvalue weighted by atomic mass is 79.9. The van der Waals surface area contributed by atoms with E-state index in [9.17, 15) is 4.79 Å². The quantitative estimate of drug-likeness (QED) is 0.751. The largest absolute Gasteiger partial charge is 0.351 e. The first-order valence-electron chi connectivity index (χ1n) is 6.30. The average molecular weight is 395 g/mol. The van der Waals surface area contributed by atoms with Crippen molar-refractivity contribution in [2.24, 2.45) is 11.8 Å². The van der Waals surface area contributed by atoms with Crippen LogP contribution in [0.4, 0.5) is 0 Å². The van der Waals surface area contributed by atoms with Gasteiger partial charge >= 0.3 is 0 Å². The molecule has 18 heavy (non-hydrogen) atoms. The number of amides is 1. The molecule has 1 heterocycles. The van der Waals surface area contributed by atoms with Crippen LogP contribution in [0.5, 0.6) is 0 Å². The number of carbonyl (C=O) groups is 1. The maximum absolute atomic E-state index is 12.0. The average Bonchev–Trinajstić information content (AvgIpc) is 2.83. The Balaban J connectivity index is 1.85. The summed E-state index contributed by atoms with van der Waals surface area (Å²) in [5.74, 6) is 1.41. The number of rotatable bonds is 4. The summed E-state index contributed by atoms with van der Waals surface area (Å²) in [6.07, 6.45) is 5.16. The van der Waals surface area contributed by atoms with E-state index in [4.69, 9.17) is 0 Å². The third-order valence-electron chi connectivity index (χ3n) is 3.59. The molecule has 1 aromatic heterocycles. The molecule has 0 aromatic carbocycles. The summed E-state index contributed by atoms with van der Waals surface area (Å²) in [4.78, 5) is 12.7. The lowest BCUT2D eigenvalue weighted by molar-refractivity contribution is 0.0941. The van der Waals surface area contributed by atoms with Gasteiger partial charge in [0.15, 0.2) is 0 Å². The first-order valence-corrected chi connectivity index (χ1v) is 9.03. The van der Waals surface area contributed by atoms with Crippen molar-refractivity contribution in [1.29, 1.82) is 0 Å². The standard InChI is InChI=1S/C13H17Br2NOS/c14-7-9-3-1-2-4-10(9)8-16-13(17)11-5-6-12(15)18-11/h5-6,9-10H,1-4,7-8H2,(H,16,17). The summed E-state index contributed by atoms with van der Waals surface area (Å²) in [6, 6.07) is 3.79. The number of halogens is 2. The van der Waals surface area contributed by atoms with Crippen LogP contribution < -0.4 is 5.32 Å². The first-order chi connectivity index (χ1) is 8.70. The smallest absolute Gasteiger partial charge is 0.261 e. The van der Waals surface area contributed by atoms with E-state index in [-0.39, 0.29) is 5.91 Å². The zero-order valence-corrected chi connectivity index (χ0v) is 14.1. The van der Waals surface area contributed by atoms with Crippen LogP contribution in [0.3, 0.4) is 0 Å². The van der Waals surface area contributed by atoms with Gasteiger partial charge in [-0.25, -0.2) is 0 Å². The molecular weight excluding hydrogens is 378 g/mol. The molecule has 5 heteroatoms. The summed E-state index contributed by atoms with van der Waals surface area (Å²) in [5, 5.41) is 4.13. The lowest BCUT2D eigenvalue weighted by Gasteiger charge is -2.30. The molecule has 1 N–H and O–H groups in total. The van der Waals surface area contributed by atoms with Crippen LogP contribution in [0.2, 0.25) is 0 Å². The fraction of sp³-hybridized carbons (Fsp3) is 0.615. The van der Waals surface area contributed by atoms with E-state index in [0.717, 1.165) is 20.5 Å². The second kappa shape index (κ2) is 7.06. The van der Waals surface area contributed by atoms with Crippen LogP contribution in [0.25, 0.3) is 0 Å². The van der Waals surface area contributed by atoms with Crippen molar-refractivity contribution in [2.75, 3.05) is 11.9 Å². The molecule has 1 amide bonds. The molecule has 1 aromatic rings. The Bertz CT molecular complexity index is 407. The Morgan fingerprint density at radius 1 is 1.33 bits per heavy atom. The van der Waals surface area contributed by atoms with Gasteiger partial charge in [0, 0.05) is 11.9 Å². The first kappa shape index (κ1) is 14.5. The van der Waals surface area contributed by atoms with Crippen LogP contribution in [-0.2, 0) is 0 Å². The number of thiophene rings is 1. The minimum absolute atomic E-state index is 0.0598. The predicted molar refractivity (Wildman–Crippen MR) is 83.6 cm³/mol. The van der Waals surface area contributed by atoms with E-state index >= 15 is 0 Å². The lowest BCUT2D eigenvalue weighted by Crippen LogP contribution is -2.34. The Labute approximate surface area is 129 Å². The number of nitrogens with one attached hydrogen (secondary N) is 1. The summed E-state index contributed by atoms with van der Waals surface area (Å²) >= 11 is 8.46. The van der Waals surface area contributed by atoms with E-state index in [1.165, 1.54) is 37.0 Å². The minimum Gasteiger partial charge on any atom is -0.351 e. The lowest BCUT2D eigenvalue weighted by atomic mass is 9.80. The minimum atomic E-state index is 0.0598. The van der Waals surface area contributed by atoms with Gasteiger partial charge in [0.2, 0.25) is 0 Å². The summed E-state index contributed by atoms with van der Waals surface area (Å²) in [6.45, 7) is 0.810. The maximum Gasteiger partial charge on any atom is 0.261 e. The Morgan fingerprint density at radius 2 is 2.06 bits per heavy atom. The highest BCUT2D eigenvalue weighted by Crippen LogP contribution is 2.31. The van der Waals surface area contributed by atoms with Crippen molar-refractivity contribution in [3.05, 3.63) is 20.8 Å². The van der Waals surface area contributed by atoms with Crippen molar-refractivity contribution >= 4 is 49.1 Å². The van der Waals surface area contributed by atoms with E-state index in [1.807, 2.05) is 12.1 Å². The number of hydrogen-bond acceptors (Lipinski definition) is 2. The fourth-order valence-corrected chi connectivity index (χ4v) is 4.66. The van der Waals surface area contributed by atoms with E-state index in [0.29, 0.717) is 11.8 Å². The van der Waals surface area contributed by atoms with Crippen molar-refractivity contribution in [2.45, 2.75) is 25.7 Å². The van der Waals surface area contributed by atoms with E-state index < -0.39 is 0 Å². The van der Waals surface area contributed by atoms with E-state index in [1.54, 1.807) is 0 Å². The number of carbonyl (C=O) groups excluding carboxylic acids is 1. The van der Waals surface area contributed by atoms with Gasteiger partial charge in [-0.05, 0) is 52.7 Å². The van der Waals surface area contributed by atoms with Crippen LogP contribution in [-0.4, -0.2) is 17.8 Å². The molecular formula is C13H17Br2NOS. The number of alkyl halides is 1. The molecule has 100 valence electrons. The maximum atomic E-state index is 12.0. The topological polar surface area (TPSA) is 29.1 Å². The SMILES string of the molecule is O=C(NCC1CCCCC1CBr)c1ccc(Br)s1. The molecule has 0 radical (unpaired) electrons. The Hall–Kier alpha value is 0.130. The molecule has 2 nitrogen and oxygen atoms in total. The molecule has 0 spiro atoms. The summed E-state index contributed by atoms with van der Waals surface area (Å²) < 4.78 is 1.00. The zero-order chi connectivity index (χ0) is 13.0. The molecule has 2 rings (SSSR count). The fourth-order valence-electron chi connectivity index (χ4n) is 2.50.